The molecule has 1 aliphatic heterocycles. The van der Waals surface area contributed by atoms with Crippen LogP contribution in [0.3, 0.4) is 0 Å². The van der Waals surface area contributed by atoms with E-state index in [9.17, 15) is 17.8 Å². The molecule has 0 unspecified atom stereocenters. The number of nitrogens with one attached hydrogen (secondary N) is 1. The number of nitrogens with zero attached hydrogens (tertiary/aromatic N) is 1. The Balaban J connectivity index is 1.96. The number of alkyl halides is 2. The van der Waals surface area contributed by atoms with E-state index < -0.39 is 22.2 Å². The average Bonchev–Trinajstić information content (AvgIpc) is 2.43. The van der Waals surface area contributed by atoms with Crippen LogP contribution < -0.4 is 10.1 Å². The fraction of sp³-hybridized carbons (Fsp3) is 0.500. The average molecular weight is 332 g/mol. The molecule has 1 N–H and O–H groups in total. The molecule has 0 spiro atoms. The number of hydrogen-bond donors (Lipinski definition) is 1. The third-order valence-electron chi connectivity index (χ3n) is 3.35. The first-order chi connectivity index (χ1) is 10.3. The first-order valence-electron chi connectivity index (χ1n) is 6.77. The summed E-state index contributed by atoms with van der Waals surface area (Å²) in [5.74, 6) is 0.476. The molecule has 0 saturated carbocycles. The van der Waals surface area contributed by atoms with Crippen molar-refractivity contribution < 1.29 is 22.5 Å². The van der Waals surface area contributed by atoms with Gasteiger partial charge in [-0.2, -0.15) is 8.78 Å². The van der Waals surface area contributed by atoms with Gasteiger partial charge in [0.25, 0.3) is 0 Å². The second-order valence-electron chi connectivity index (χ2n) is 5.56. The highest BCUT2D eigenvalue weighted by Crippen LogP contribution is 2.22. The molecule has 22 heavy (non-hydrogen) atoms. The maximum absolute atomic E-state index is 12.2. The van der Waals surface area contributed by atoms with Crippen LogP contribution >= 0.6 is 0 Å². The number of ether oxygens (including phenoxy) is 1. The van der Waals surface area contributed by atoms with E-state index in [0.717, 1.165) is 0 Å². The van der Waals surface area contributed by atoms with Crippen LogP contribution in [-0.4, -0.2) is 45.3 Å². The number of urea groups is 1. The normalized spacial score (nSPS) is 20.8. The molecule has 2 rings (SSSR count). The molecule has 0 aliphatic carbocycles. The minimum absolute atomic E-state index is 0.0301. The van der Waals surface area contributed by atoms with Crippen LogP contribution in [0.2, 0.25) is 0 Å². The van der Waals surface area contributed by atoms with Gasteiger partial charge in [0.2, 0.25) is 0 Å². The lowest BCUT2D eigenvalue weighted by atomic mass is 10.2. The van der Waals surface area contributed by atoms with Gasteiger partial charge in [-0.15, -0.1) is 0 Å². The SMILES string of the molecule is CC1(C)CN(C(=O)Nc2ccc(OC(F)F)cc2)CC[S@@]1=O. The largest absolute Gasteiger partial charge is 0.435 e. The first-order valence-corrected chi connectivity index (χ1v) is 8.09. The van der Waals surface area contributed by atoms with Gasteiger partial charge in [0.1, 0.15) is 5.75 Å². The predicted octanol–water partition coefficient (Wildman–Crippen LogP) is 2.66. The Morgan fingerprint density at radius 3 is 2.55 bits per heavy atom. The number of benzene rings is 1. The van der Waals surface area contributed by atoms with E-state index in [4.69, 9.17) is 0 Å². The van der Waals surface area contributed by atoms with Gasteiger partial charge in [0.05, 0.1) is 4.75 Å². The lowest BCUT2D eigenvalue weighted by Crippen LogP contribution is -2.53. The van der Waals surface area contributed by atoms with Crippen LogP contribution in [0.1, 0.15) is 13.8 Å². The van der Waals surface area contributed by atoms with Crippen LogP contribution in [-0.2, 0) is 10.8 Å². The summed E-state index contributed by atoms with van der Waals surface area (Å²) in [7, 11) is -0.952. The summed E-state index contributed by atoms with van der Waals surface area (Å²) >= 11 is 0. The number of carbonyl (C=O) groups is 1. The van der Waals surface area contributed by atoms with Crippen molar-refractivity contribution in [3.05, 3.63) is 24.3 Å². The zero-order valence-electron chi connectivity index (χ0n) is 12.3. The number of hydrogen-bond acceptors (Lipinski definition) is 3. The molecular weight excluding hydrogens is 314 g/mol. The van der Waals surface area contributed by atoms with E-state index in [2.05, 4.69) is 10.1 Å². The lowest BCUT2D eigenvalue weighted by Gasteiger charge is -2.37. The topological polar surface area (TPSA) is 58.6 Å². The first kappa shape index (κ1) is 16.7. The van der Waals surface area contributed by atoms with Crippen LogP contribution in [0.25, 0.3) is 0 Å². The second kappa shape index (κ2) is 6.60. The van der Waals surface area contributed by atoms with Crippen molar-refractivity contribution >= 4 is 22.5 Å². The number of anilines is 1. The highest BCUT2D eigenvalue weighted by Gasteiger charge is 2.35. The van der Waals surface area contributed by atoms with E-state index in [0.29, 0.717) is 24.5 Å². The summed E-state index contributed by atoms with van der Waals surface area (Å²) in [6.45, 7) is 1.67. The standard InChI is InChI=1S/C14H18F2N2O3S/c1-14(2)9-18(7-8-22(14)20)13(19)17-10-3-5-11(6-4-10)21-12(15)16/h3-6,12H,7-9H2,1-2H3,(H,17,19)/t22-/m0/s1. The molecule has 0 aromatic heterocycles. The Bertz CT molecular complexity index is 564. The summed E-state index contributed by atoms with van der Waals surface area (Å²) in [5, 5.41) is 2.69. The number of carbonyl (C=O) groups excluding carboxylic acids is 1. The summed E-state index contributed by atoms with van der Waals surface area (Å²) in [6.07, 6.45) is 0. The van der Waals surface area contributed by atoms with Crippen molar-refractivity contribution in [2.75, 3.05) is 24.2 Å². The Morgan fingerprint density at radius 2 is 2.00 bits per heavy atom. The Kier molecular flexibility index (Phi) is 5.00. The van der Waals surface area contributed by atoms with Gasteiger partial charge in [-0.25, -0.2) is 4.79 Å². The van der Waals surface area contributed by atoms with E-state index in [1.165, 1.54) is 24.3 Å². The van der Waals surface area contributed by atoms with E-state index in [1.54, 1.807) is 4.90 Å². The van der Waals surface area contributed by atoms with Gasteiger partial charge in [-0.05, 0) is 38.1 Å². The number of rotatable bonds is 3. The maximum atomic E-state index is 12.2. The molecule has 1 aromatic carbocycles. The molecule has 8 heteroatoms. The molecule has 2 amide bonds. The van der Waals surface area contributed by atoms with Crippen molar-refractivity contribution in [2.45, 2.75) is 25.2 Å². The molecule has 1 heterocycles. The summed E-state index contributed by atoms with van der Waals surface area (Å²) in [6, 6.07) is 5.40. The Hall–Kier alpha value is -1.70. The fourth-order valence-corrected chi connectivity index (χ4v) is 3.41. The van der Waals surface area contributed by atoms with Crippen molar-refractivity contribution in [3.8, 4) is 5.75 Å². The third-order valence-corrected chi connectivity index (χ3v) is 5.27. The van der Waals surface area contributed by atoms with Crippen LogP contribution in [0, 0.1) is 0 Å². The number of halogens is 2. The molecule has 0 radical (unpaired) electrons. The van der Waals surface area contributed by atoms with E-state index in [-0.39, 0.29) is 11.8 Å². The predicted molar refractivity (Wildman–Crippen MR) is 80.8 cm³/mol. The molecule has 1 atom stereocenters. The molecule has 122 valence electrons. The van der Waals surface area contributed by atoms with Crippen molar-refractivity contribution in [3.63, 3.8) is 0 Å². The van der Waals surface area contributed by atoms with Crippen LogP contribution in [0.15, 0.2) is 24.3 Å². The quantitative estimate of drug-likeness (QED) is 0.926. The van der Waals surface area contributed by atoms with Gasteiger partial charge in [0, 0.05) is 35.3 Å². The highest BCUT2D eigenvalue weighted by atomic mass is 32.2. The molecule has 0 bridgehead atoms. The zero-order chi connectivity index (χ0) is 16.3. The van der Waals surface area contributed by atoms with Gasteiger partial charge >= 0.3 is 12.6 Å². The van der Waals surface area contributed by atoms with Crippen molar-refractivity contribution in [1.29, 1.82) is 0 Å². The van der Waals surface area contributed by atoms with Crippen molar-refractivity contribution in [1.82, 2.24) is 4.90 Å². The Morgan fingerprint density at radius 1 is 1.36 bits per heavy atom. The van der Waals surface area contributed by atoms with Gasteiger partial charge in [0.15, 0.2) is 0 Å². The summed E-state index contributed by atoms with van der Waals surface area (Å²) in [4.78, 5) is 13.8. The van der Waals surface area contributed by atoms with E-state index in [1.807, 2.05) is 13.8 Å². The van der Waals surface area contributed by atoms with E-state index >= 15 is 0 Å². The monoisotopic (exact) mass is 332 g/mol. The fourth-order valence-electron chi connectivity index (χ4n) is 2.18. The highest BCUT2D eigenvalue weighted by molar-refractivity contribution is 7.86. The molecule has 1 saturated heterocycles. The molecular formula is C14H18F2N2O3S. The Labute approximate surface area is 130 Å². The number of amides is 2. The lowest BCUT2D eigenvalue weighted by molar-refractivity contribution is -0.0498. The van der Waals surface area contributed by atoms with Crippen LogP contribution in [0.4, 0.5) is 19.3 Å². The molecule has 5 nitrogen and oxygen atoms in total. The molecule has 1 aromatic rings. The minimum atomic E-state index is -2.88. The third kappa shape index (κ3) is 4.16. The maximum Gasteiger partial charge on any atom is 0.387 e. The minimum Gasteiger partial charge on any atom is -0.435 e. The summed E-state index contributed by atoms with van der Waals surface area (Å²) in [5.41, 5.74) is 0.483. The van der Waals surface area contributed by atoms with Crippen LogP contribution in [0.5, 0.6) is 5.75 Å². The summed E-state index contributed by atoms with van der Waals surface area (Å²) < 4.78 is 39.8. The van der Waals surface area contributed by atoms with Crippen molar-refractivity contribution in [2.24, 2.45) is 0 Å². The molecule has 1 fully saturated rings. The second-order valence-corrected chi connectivity index (χ2v) is 7.77. The van der Waals surface area contributed by atoms with Gasteiger partial charge in [-0.3, -0.25) is 4.21 Å². The molecule has 1 aliphatic rings. The zero-order valence-corrected chi connectivity index (χ0v) is 13.2. The van der Waals surface area contributed by atoms with Gasteiger partial charge < -0.3 is 15.0 Å². The van der Waals surface area contributed by atoms with Gasteiger partial charge in [-0.1, -0.05) is 0 Å². The smallest absolute Gasteiger partial charge is 0.387 e.